The van der Waals surface area contributed by atoms with Gasteiger partial charge >= 0.3 is 0 Å². The van der Waals surface area contributed by atoms with Crippen molar-refractivity contribution in [2.45, 2.75) is 46.1 Å². The van der Waals surface area contributed by atoms with Crippen molar-refractivity contribution in [1.82, 2.24) is 14.9 Å². The molecule has 3 unspecified atom stereocenters. The van der Waals surface area contributed by atoms with Crippen LogP contribution >= 0.6 is 11.5 Å². The van der Waals surface area contributed by atoms with Crippen LogP contribution < -0.4 is 5.32 Å². The molecule has 1 N–H and O–H groups in total. The normalized spacial score (nSPS) is 28.3. The smallest absolute Gasteiger partial charge is 0.272 e. The van der Waals surface area contributed by atoms with E-state index < -0.39 is 0 Å². The highest BCUT2D eigenvalue weighted by atomic mass is 32.1. The van der Waals surface area contributed by atoms with Gasteiger partial charge in [0.05, 0.1) is 0 Å². The molecule has 4 nitrogen and oxygen atoms in total. The predicted octanol–water partition coefficient (Wildman–Crippen LogP) is 2.73. The molecule has 0 aromatic carbocycles. The van der Waals surface area contributed by atoms with E-state index in [1.807, 2.05) is 0 Å². The van der Waals surface area contributed by atoms with Gasteiger partial charge in [-0.15, -0.1) is 5.10 Å². The van der Waals surface area contributed by atoms with E-state index in [-0.39, 0.29) is 11.9 Å². The van der Waals surface area contributed by atoms with Gasteiger partial charge in [-0.2, -0.15) is 0 Å². The SMILES string of the molecule is CC1CCC(C(C)C)C(NC(=O)c2csnn2)C1. The molecule has 1 aromatic rings. The molecule has 1 aromatic heterocycles. The van der Waals surface area contributed by atoms with Crippen molar-refractivity contribution in [3.05, 3.63) is 11.1 Å². The van der Waals surface area contributed by atoms with Crippen LogP contribution in [0.15, 0.2) is 5.38 Å². The highest BCUT2D eigenvalue weighted by Crippen LogP contribution is 2.33. The summed E-state index contributed by atoms with van der Waals surface area (Å²) in [6, 6.07) is 0.281. The number of hydrogen-bond acceptors (Lipinski definition) is 4. The summed E-state index contributed by atoms with van der Waals surface area (Å²) < 4.78 is 3.74. The van der Waals surface area contributed by atoms with Crippen LogP contribution in [0.3, 0.4) is 0 Å². The maximum absolute atomic E-state index is 12.0. The lowest BCUT2D eigenvalue weighted by atomic mass is 9.74. The number of carbonyl (C=O) groups excluding carboxylic acids is 1. The van der Waals surface area contributed by atoms with Crippen LogP contribution in [0.1, 0.15) is 50.5 Å². The molecule has 0 radical (unpaired) electrons. The second-order valence-corrected chi connectivity index (χ2v) is 6.31. The first-order valence-electron chi connectivity index (χ1n) is 6.66. The first-order valence-corrected chi connectivity index (χ1v) is 7.49. The average Bonchev–Trinajstić information content (AvgIpc) is 2.81. The van der Waals surface area contributed by atoms with Crippen LogP contribution in [0.5, 0.6) is 0 Å². The lowest BCUT2D eigenvalue weighted by Gasteiger charge is -2.37. The molecule has 18 heavy (non-hydrogen) atoms. The van der Waals surface area contributed by atoms with Crippen molar-refractivity contribution in [1.29, 1.82) is 0 Å². The monoisotopic (exact) mass is 267 g/mol. The van der Waals surface area contributed by atoms with Crippen molar-refractivity contribution >= 4 is 17.4 Å². The highest BCUT2D eigenvalue weighted by molar-refractivity contribution is 7.03. The molecule has 3 atom stereocenters. The quantitative estimate of drug-likeness (QED) is 0.916. The molecule has 100 valence electrons. The molecule has 1 aliphatic rings. The molecule has 1 saturated carbocycles. The Morgan fingerprint density at radius 1 is 1.50 bits per heavy atom. The number of aromatic nitrogens is 2. The summed E-state index contributed by atoms with van der Waals surface area (Å²) in [6.45, 7) is 6.74. The maximum Gasteiger partial charge on any atom is 0.272 e. The molecule has 1 fully saturated rings. The van der Waals surface area contributed by atoms with Gasteiger partial charge in [0, 0.05) is 11.4 Å². The molecule has 0 spiro atoms. The summed E-state index contributed by atoms with van der Waals surface area (Å²) in [7, 11) is 0. The molecule has 1 aliphatic carbocycles. The Morgan fingerprint density at radius 2 is 2.28 bits per heavy atom. The Hall–Kier alpha value is -0.970. The molecular formula is C13H21N3OS. The van der Waals surface area contributed by atoms with E-state index in [9.17, 15) is 4.79 Å². The molecule has 0 aliphatic heterocycles. The van der Waals surface area contributed by atoms with E-state index >= 15 is 0 Å². The molecule has 2 rings (SSSR count). The van der Waals surface area contributed by atoms with Gasteiger partial charge < -0.3 is 5.32 Å². The Labute approximate surface area is 112 Å². The van der Waals surface area contributed by atoms with Gasteiger partial charge in [-0.1, -0.05) is 31.7 Å². The number of rotatable bonds is 3. The van der Waals surface area contributed by atoms with Crippen LogP contribution in [0.2, 0.25) is 0 Å². The molecule has 0 bridgehead atoms. The third kappa shape index (κ3) is 3.07. The number of hydrogen-bond donors (Lipinski definition) is 1. The lowest BCUT2D eigenvalue weighted by Crippen LogP contribution is -2.45. The van der Waals surface area contributed by atoms with E-state index in [0.29, 0.717) is 23.4 Å². The van der Waals surface area contributed by atoms with E-state index in [1.165, 1.54) is 24.4 Å². The Kier molecular flexibility index (Phi) is 4.32. The first kappa shape index (κ1) is 13.5. The fraction of sp³-hybridized carbons (Fsp3) is 0.769. The van der Waals surface area contributed by atoms with Gasteiger partial charge in [-0.25, -0.2) is 0 Å². The molecule has 0 saturated heterocycles. The number of nitrogens with zero attached hydrogens (tertiary/aromatic N) is 2. The lowest BCUT2D eigenvalue weighted by molar-refractivity contribution is 0.0863. The number of amides is 1. The summed E-state index contributed by atoms with van der Waals surface area (Å²) in [4.78, 5) is 12.0. The van der Waals surface area contributed by atoms with Crippen molar-refractivity contribution in [2.75, 3.05) is 0 Å². The van der Waals surface area contributed by atoms with Crippen molar-refractivity contribution in [2.24, 2.45) is 17.8 Å². The standard InChI is InChI=1S/C13H21N3OS/c1-8(2)10-5-4-9(3)6-11(10)14-13(17)12-7-18-16-15-12/h7-11H,4-6H2,1-3H3,(H,14,17). The second kappa shape index (κ2) is 5.78. The predicted molar refractivity (Wildman–Crippen MR) is 72.5 cm³/mol. The van der Waals surface area contributed by atoms with E-state index in [2.05, 4.69) is 35.7 Å². The van der Waals surface area contributed by atoms with Crippen LogP contribution in [-0.4, -0.2) is 21.5 Å². The highest BCUT2D eigenvalue weighted by Gasteiger charge is 2.32. The summed E-state index contributed by atoms with van der Waals surface area (Å²) in [5.41, 5.74) is 0.445. The maximum atomic E-state index is 12.0. The third-order valence-corrected chi connectivity index (χ3v) is 4.44. The van der Waals surface area contributed by atoms with Gasteiger partial charge in [0.25, 0.3) is 5.91 Å². The average molecular weight is 267 g/mol. The fourth-order valence-corrected chi connectivity index (χ4v) is 3.31. The zero-order chi connectivity index (χ0) is 13.1. The topological polar surface area (TPSA) is 54.9 Å². The summed E-state index contributed by atoms with van der Waals surface area (Å²) >= 11 is 1.22. The van der Waals surface area contributed by atoms with Gasteiger partial charge in [0.2, 0.25) is 0 Å². The largest absolute Gasteiger partial charge is 0.348 e. The Bertz CT molecular complexity index is 391. The second-order valence-electron chi connectivity index (χ2n) is 5.70. The van der Waals surface area contributed by atoms with Crippen LogP contribution in [-0.2, 0) is 0 Å². The van der Waals surface area contributed by atoms with Gasteiger partial charge in [-0.05, 0) is 42.1 Å². The van der Waals surface area contributed by atoms with Gasteiger partial charge in [0.1, 0.15) is 0 Å². The number of nitrogens with one attached hydrogen (secondary N) is 1. The molecule has 1 heterocycles. The minimum Gasteiger partial charge on any atom is -0.348 e. The minimum atomic E-state index is -0.0755. The Balaban J connectivity index is 2.02. The zero-order valence-corrected chi connectivity index (χ0v) is 12.0. The van der Waals surface area contributed by atoms with Crippen molar-refractivity contribution < 1.29 is 4.79 Å². The summed E-state index contributed by atoms with van der Waals surface area (Å²) in [6.07, 6.45) is 3.55. The summed E-state index contributed by atoms with van der Waals surface area (Å²) in [5.74, 6) is 1.81. The first-order chi connectivity index (χ1) is 8.58. The molecule has 5 heteroatoms. The van der Waals surface area contributed by atoms with Crippen LogP contribution in [0.25, 0.3) is 0 Å². The van der Waals surface area contributed by atoms with Crippen LogP contribution in [0.4, 0.5) is 0 Å². The summed E-state index contributed by atoms with van der Waals surface area (Å²) in [5, 5.41) is 8.68. The third-order valence-electron chi connectivity index (χ3n) is 3.93. The fourth-order valence-electron chi connectivity index (χ4n) is 2.87. The molecule has 1 amide bonds. The van der Waals surface area contributed by atoms with Gasteiger partial charge in [0.15, 0.2) is 5.69 Å². The van der Waals surface area contributed by atoms with E-state index in [1.54, 1.807) is 5.38 Å². The number of carbonyl (C=O) groups is 1. The minimum absolute atomic E-state index is 0.0755. The Morgan fingerprint density at radius 3 is 2.89 bits per heavy atom. The molecular weight excluding hydrogens is 246 g/mol. The van der Waals surface area contributed by atoms with Crippen molar-refractivity contribution in [3.8, 4) is 0 Å². The van der Waals surface area contributed by atoms with E-state index in [4.69, 9.17) is 0 Å². The zero-order valence-electron chi connectivity index (χ0n) is 11.2. The van der Waals surface area contributed by atoms with Crippen molar-refractivity contribution in [3.63, 3.8) is 0 Å². The van der Waals surface area contributed by atoms with E-state index in [0.717, 1.165) is 6.42 Å². The van der Waals surface area contributed by atoms with Crippen LogP contribution in [0, 0.1) is 17.8 Å². The van der Waals surface area contributed by atoms with Gasteiger partial charge in [-0.3, -0.25) is 4.79 Å².